The van der Waals surface area contributed by atoms with Crippen LogP contribution in [0.3, 0.4) is 0 Å². The van der Waals surface area contributed by atoms with Crippen molar-refractivity contribution in [1.82, 2.24) is 0 Å². The smallest absolute Gasteiger partial charge is 0.157 e. The van der Waals surface area contributed by atoms with Crippen LogP contribution in [0.2, 0.25) is 0 Å². The number of hydrogen-bond donors (Lipinski definition) is 1. The van der Waals surface area contributed by atoms with Crippen LogP contribution in [0, 0.1) is 0 Å². The van der Waals surface area contributed by atoms with Crippen molar-refractivity contribution in [1.29, 1.82) is 0 Å². The van der Waals surface area contributed by atoms with Crippen molar-refractivity contribution in [3.05, 3.63) is 84.8 Å². The van der Waals surface area contributed by atoms with Crippen LogP contribution in [-0.2, 0) is 0 Å². The number of nitrogens with two attached hydrogens (primary N) is 1. The Hall–Kier alpha value is -3.46. The van der Waals surface area contributed by atoms with Crippen LogP contribution >= 0.6 is 0 Å². The third-order valence-corrected chi connectivity index (χ3v) is 4.83. The topological polar surface area (TPSA) is 44.5 Å². The lowest BCUT2D eigenvalue weighted by Crippen LogP contribution is -2.12. The first-order valence-electron chi connectivity index (χ1n) is 8.60. The molecule has 0 saturated heterocycles. The molecule has 0 radical (unpaired) electrons. The summed E-state index contributed by atoms with van der Waals surface area (Å²) in [5, 5.41) is 4.60. The van der Waals surface area contributed by atoms with E-state index in [9.17, 15) is 0 Å². The van der Waals surface area contributed by atoms with Crippen LogP contribution in [0.25, 0.3) is 32.7 Å². The molecule has 0 atom stereocenters. The summed E-state index contributed by atoms with van der Waals surface area (Å²) in [5.41, 5.74) is 7.83. The summed E-state index contributed by atoms with van der Waals surface area (Å²) in [6, 6.07) is 24.9. The van der Waals surface area contributed by atoms with E-state index < -0.39 is 0 Å². The minimum Gasteiger partial charge on any atom is -0.485 e. The van der Waals surface area contributed by atoms with Crippen LogP contribution in [0.5, 0.6) is 11.5 Å². The maximum absolute atomic E-state index is 6.11. The summed E-state index contributed by atoms with van der Waals surface area (Å²) in [6.07, 6.45) is 1.46. The highest BCUT2D eigenvalue weighted by atomic mass is 16.5. The lowest BCUT2D eigenvalue weighted by Gasteiger charge is -2.23. The molecular weight excluding hydrogens is 322 g/mol. The highest BCUT2D eigenvalue weighted by molar-refractivity contribution is 6.09. The van der Waals surface area contributed by atoms with E-state index in [1.165, 1.54) is 11.6 Å². The molecule has 2 N–H and O–H groups in total. The van der Waals surface area contributed by atoms with E-state index in [0.717, 1.165) is 38.8 Å². The zero-order valence-corrected chi connectivity index (χ0v) is 14.1. The fourth-order valence-electron chi connectivity index (χ4n) is 3.63. The van der Waals surface area contributed by atoms with Crippen molar-refractivity contribution >= 4 is 21.5 Å². The molecule has 0 saturated carbocycles. The lowest BCUT2D eigenvalue weighted by atomic mass is 9.92. The molecule has 126 valence electrons. The summed E-state index contributed by atoms with van der Waals surface area (Å²) < 4.78 is 12.2. The molecule has 0 aromatic heterocycles. The normalized spacial score (nSPS) is 14.8. The molecule has 4 aromatic carbocycles. The fraction of sp³-hybridized carbons (Fsp3) is 0.0435. The lowest BCUT2D eigenvalue weighted by molar-refractivity contribution is 0.277. The first kappa shape index (κ1) is 14.8. The molecule has 3 heteroatoms. The van der Waals surface area contributed by atoms with Crippen molar-refractivity contribution in [2.45, 2.75) is 0 Å². The van der Waals surface area contributed by atoms with Gasteiger partial charge in [-0.25, -0.2) is 0 Å². The molecule has 0 bridgehead atoms. The van der Waals surface area contributed by atoms with Gasteiger partial charge >= 0.3 is 0 Å². The SMILES string of the molecule is N/C=C1/COc2ccc3ccccc3c2-c2c(ccc3ccccc23)O1. The van der Waals surface area contributed by atoms with Crippen molar-refractivity contribution < 1.29 is 9.47 Å². The number of benzene rings is 4. The molecule has 4 aromatic rings. The standard InChI is InChI=1S/C23H17NO2/c24-13-17-14-25-20-11-9-15-5-1-3-7-18(15)22(20)23-19-8-4-2-6-16(19)10-12-21(23)26-17/h1-13H,14,24H2/b17-13-. The zero-order chi connectivity index (χ0) is 17.5. The Morgan fingerprint density at radius 2 is 1.27 bits per heavy atom. The second-order valence-corrected chi connectivity index (χ2v) is 6.34. The van der Waals surface area contributed by atoms with Gasteiger partial charge in [-0.15, -0.1) is 0 Å². The number of hydrogen-bond acceptors (Lipinski definition) is 3. The third kappa shape index (κ3) is 2.21. The maximum Gasteiger partial charge on any atom is 0.157 e. The van der Waals surface area contributed by atoms with Gasteiger partial charge in [-0.05, 0) is 33.7 Å². The first-order chi connectivity index (χ1) is 12.8. The quantitative estimate of drug-likeness (QED) is 0.477. The molecule has 5 rings (SSSR count). The molecule has 0 amide bonds. The second kappa shape index (κ2) is 5.81. The van der Waals surface area contributed by atoms with Gasteiger partial charge in [0.1, 0.15) is 18.1 Å². The summed E-state index contributed by atoms with van der Waals surface area (Å²) in [7, 11) is 0. The average molecular weight is 339 g/mol. The maximum atomic E-state index is 6.11. The molecule has 0 unspecified atom stereocenters. The summed E-state index contributed by atoms with van der Waals surface area (Å²) in [4.78, 5) is 0. The van der Waals surface area contributed by atoms with Crippen LogP contribution in [0.1, 0.15) is 0 Å². The average Bonchev–Trinajstić information content (AvgIpc) is 2.68. The van der Waals surface area contributed by atoms with Gasteiger partial charge in [0, 0.05) is 17.3 Å². The van der Waals surface area contributed by atoms with Crippen LogP contribution in [-0.4, -0.2) is 6.61 Å². The van der Waals surface area contributed by atoms with Gasteiger partial charge in [-0.1, -0.05) is 60.7 Å². The Morgan fingerprint density at radius 3 is 1.92 bits per heavy atom. The zero-order valence-electron chi connectivity index (χ0n) is 14.1. The number of ether oxygens (including phenoxy) is 2. The van der Waals surface area contributed by atoms with E-state index in [-0.39, 0.29) is 0 Å². The fourth-order valence-corrected chi connectivity index (χ4v) is 3.63. The second-order valence-electron chi connectivity index (χ2n) is 6.34. The Morgan fingerprint density at radius 1 is 0.692 bits per heavy atom. The predicted molar refractivity (Wildman–Crippen MR) is 105 cm³/mol. The Bertz CT molecular complexity index is 1180. The van der Waals surface area contributed by atoms with Crippen LogP contribution in [0.15, 0.2) is 84.8 Å². The number of rotatable bonds is 0. The molecule has 26 heavy (non-hydrogen) atoms. The van der Waals surface area contributed by atoms with Gasteiger partial charge < -0.3 is 15.2 Å². The van der Waals surface area contributed by atoms with Crippen molar-refractivity contribution in [3.8, 4) is 22.6 Å². The summed E-state index contributed by atoms with van der Waals surface area (Å²) in [6.45, 7) is 0.300. The van der Waals surface area contributed by atoms with Gasteiger partial charge in [0.2, 0.25) is 0 Å². The van der Waals surface area contributed by atoms with E-state index >= 15 is 0 Å². The van der Waals surface area contributed by atoms with Crippen molar-refractivity contribution in [3.63, 3.8) is 0 Å². The van der Waals surface area contributed by atoms with E-state index in [1.54, 1.807) is 0 Å². The molecule has 0 aliphatic carbocycles. The highest BCUT2D eigenvalue weighted by Gasteiger charge is 2.22. The molecule has 1 aliphatic rings. The van der Waals surface area contributed by atoms with E-state index in [4.69, 9.17) is 15.2 Å². The van der Waals surface area contributed by atoms with Gasteiger partial charge in [-0.2, -0.15) is 0 Å². The molecule has 0 spiro atoms. The largest absolute Gasteiger partial charge is 0.485 e. The molecule has 0 fully saturated rings. The summed E-state index contributed by atoms with van der Waals surface area (Å²) in [5.74, 6) is 2.23. The third-order valence-electron chi connectivity index (χ3n) is 4.83. The van der Waals surface area contributed by atoms with E-state index in [1.807, 2.05) is 30.3 Å². The monoisotopic (exact) mass is 339 g/mol. The van der Waals surface area contributed by atoms with Crippen molar-refractivity contribution in [2.24, 2.45) is 5.73 Å². The van der Waals surface area contributed by atoms with E-state index in [0.29, 0.717) is 12.4 Å². The Balaban J connectivity index is 1.96. The van der Waals surface area contributed by atoms with Crippen molar-refractivity contribution in [2.75, 3.05) is 6.61 Å². The molecular formula is C23H17NO2. The van der Waals surface area contributed by atoms with Gasteiger partial charge in [0.25, 0.3) is 0 Å². The van der Waals surface area contributed by atoms with Crippen LogP contribution < -0.4 is 15.2 Å². The minimum absolute atomic E-state index is 0.300. The highest BCUT2D eigenvalue weighted by Crippen LogP contribution is 2.46. The van der Waals surface area contributed by atoms with Gasteiger partial charge in [0.15, 0.2) is 5.76 Å². The first-order valence-corrected chi connectivity index (χ1v) is 8.60. The van der Waals surface area contributed by atoms with Gasteiger partial charge in [0.05, 0.1) is 0 Å². The summed E-state index contributed by atoms with van der Waals surface area (Å²) >= 11 is 0. The number of fused-ring (bicyclic) bond motifs is 7. The molecule has 3 nitrogen and oxygen atoms in total. The van der Waals surface area contributed by atoms with Crippen LogP contribution in [0.4, 0.5) is 0 Å². The minimum atomic E-state index is 0.300. The Kier molecular flexibility index (Phi) is 3.32. The molecule has 1 aliphatic heterocycles. The Labute approximate surface area is 151 Å². The molecule has 1 heterocycles. The van der Waals surface area contributed by atoms with Gasteiger partial charge in [-0.3, -0.25) is 0 Å². The van der Waals surface area contributed by atoms with E-state index in [2.05, 4.69) is 42.5 Å². The predicted octanol–water partition coefficient (Wildman–Crippen LogP) is 5.23.